The molecule has 0 spiro atoms. The minimum atomic E-state index is 0.371. The number of hydrogen-bond donors (Lipinski definition) is 1. The molecule has 8 heteroatoms. The van der Waals surface area contributed by atoms with E-state index in [1.165, 1.54) is 5.69 Å². The number of nitrogens with zero attached hydrogens (tertiary/aromatic N) is 6. The van der Waals surface area contributed by atoms with Crippen molar-refractivity contribution in [3.8, 4) is 17.0 Å². The van der Waals surface area contributed by atoms with Gasteiger partial charge in [-0.15, -0.1) is 0 Å². The Morgan fingerprint density at radius 1 is 0.925 bits per heavy atom. The van der Waals surface area contributed by atoms with Gasteiger partial charge >= 0.3 is 0 Å². The molecule has 0 bridgehead atoms. The van der Waals surface area contributed by atoms with Crippen LogP contribution < -0.4 is 15.4 Å². The van der Waals surface area contributed by atoms with Gasteiger partial charge in [-0.3, -0.25) is 9.67 Å². The van der Waals surface area contributed by atoms with E-state index in [4.69, 9.17) is 20.6 Å². The number of aromatic nitrogens is 3. The van der Waals surface area contributed by atoms with E-state index >= 15 is 0 Å². The summed E-state index contributed by atoms with van der Waals surface area (Å²) in [7, 11) is 3.84. The zero-order valence-electron chi connectivity index (χ0n) is 22.9. The van der Waals surface area contributed by atoms with Crippen LogP contribution in [0.5, 0.6) is 5.75 Å². The van der Waals surface area contributed by atoms with Crippen molar-refractivity contribution >= 4 is 28.1 Å². The van der Waals surface area contributed by atoms with Crippen LogP contribution in [0, 0.1) is 0 Å². The Labute approximate surface area is 234 Å². The number of hydrogen-bond acceptors (Lipinski definition) is 6. The number of rotatable bonds is 7. The number of likely N-dealkylation sites (N-methyl/N-ethyl adjacent to an activating group) is 1. The summed E-state index contributed by atoms with van der Waals surface area (Å²) in [5.41, 5.74) is 13.1. The molecule has 0 saturated carbocycles. The summed E-state index contributed by atoms with van der Waals surface area (Å²) in [5, 5.41) is 5.98. The maximum absolute atomic E-state index is 6.49. The number of anilines is 1. The van der Waals surface area contributed by atoms with Crippen molar-refractivity contribution in [3.05, 3.63) is 102 Å². The molecular formula is C32H33N7O. The molecule has 3 heterocycles. The average molecular weight is 532 g/mol. The third-order valence-electron chi connectivity index (χ3n) is 7.41. The molecule has 1 aliphatic rings. The monoisotopic (exact) mass is 531 g/mol. The number of amidine groups is 1. The molecule has 0 amide bonds. The van der Waals surface area contributed by atoms with Gasteiger partial charge in [-0.05, 0) is 55.1 Å². The molecule has 202 valence electrons. The summed E-state index contributed by atoms with van der Waals surface area (Å²) < 4.78 is 7.29. The fraction of sp³-hybridized carbons (Fsp3) is 0.219. The summed E-state index contributed by atoms with van der Waals surface area (Å²) in [4.78, 5) is 14.1. The second-order valence-corrected chi connectivity index (χ2v) is 10.1. The van der Waals surface area contributed by atoms with Crippen molar-refractivity contribution < 1.29 is 4.74 Å². The second-order valence-electron chi connectivity index (χ2n) is 10.1. The molecule has 2 N–H and O–H groups in total. The van der Waals surface area contributed by atoms with Crippen LogP contribution in [0.3, 0.4) is 0 Å². The van der Waals surface area contributed by atoms with Crippen molar-refractivity contribution in [1.29, 1.82) is 0 Å². The number of nitrogens with two attached hydrogens (primary N) is 1. The summed E-state index contributed by atoms with van der Waals surface area (Å²) in [6, 6.07) is 28.5. The van der Waals surface area contributed by atoms with Gasteiger partial charge in [0.2, 0.25) is 0 Å². The molecule has 1 fully saturated rings. The van der Waals surface area contributed by atoms with E-state index in [2.05, 4.69) is 58.2 Å². The Kier molecular flexibility index (Phi) is 7.16. The minimum absolute atomic E-state index is 0.371. The molecule has 8 nitrogen and oxygen atoms in total. The molecule has 0 radical (unpaired) electrons. The summed E-state index contributed by atoms with van der Waals surface area (Å²) in [6.45, 7) is 4.81. The van der Waals surface area contributed by atoms with Gasteiger partial charge in [0.1, 0.15) is 23.0 Å². The van der Waals surface area contributed by atoms with E-state index in [9.17, 15) is 0 Å². The lowest BCUT2D eigenvalue weighted by Gasteiger charge is -2.34. The molecule has 2 aromatic heterocycles. The highest BCUT2D eigenvalue weighted by atomic mass is 16.5. The Balaban J connectivity index is 1.31. The third kappa shape index (κ3) is 5.39. The molecule has 1 aliphatic heterocycles. The van der Waals surface area contributed by atoms with Crippen molar-refractivity contribution in [2.45, 2.75) is 6.54 Å². The zero-order valence-corrected chi connectivity index (χ0v) is 22.9. The van der Waals surface area contributed by atoms with Gasteiger partial charge in [-0.2, -0.15) is 5.10 Å². The quantitative estimate of drug-likeness (QED) is 0.236. The van der Waals surface area contributed by atoms with Gasteiger partial charge in [0.25, 0.3) is 0 Å². The predicted molar refractivity (Wildman–Crippen MR) is 162 cm³/mol. The average Bonchev–Trinajstić information content (AvgIpc) is 3.36. The predicted octanol–water partition coefficient (Wildman–Crippen LogP) is 4.94. The van der Waals surface area contributed by atoms with E-state index in [1.54, 1.807) is 7.11 Å². The van der Waals surface area contributed by atoms with E-state index in [1.807, 2.05) is 59.4 Å². The summed E-state index contributed by atoms with van der Waals surface area (Å²) in [6.07, 6.45) is 1.84. The van der Waals surface area contributed by atoms with E-state index in [-0.39, 0.29) is 0 Å². The normalized spacial score (nSPS) is 14.6. The molecule has 0 unspecified atom stereocenters. The van der Waals surface area contributed by atoms with Crippen LogP contribution in [0.25, 0.3) is 22.2 Å². The standard InChI is InChI=1S/C32H33N7O/c1-37-16-18-38(19-17-37)26-12-10-25(11-13-26)35-32(33)29-20-28-30(21-34-29)39(22-23-8-14-27(40-2)15-9-23)36-31(28)24-6-4-3-5-7-24/h3-15,20-21H,16-19,22H2,1-2H3,(H2,33,35). The van der Waals surface area contributed by atoms with Crippen molar-refractivity contribution in [1.82, 2.24) is 19.7 Å². The maximum Gasteiger partial charge on any atom is 0.150 e. The molecule has 1 saturated heterocycles. The van der Waals surface area contributed by atoms with Gasteiger partial charge in [0.05, 0.1) is 31.1 Å². The minimum Gasteiger partial charge on any atom is -0.497 e. The number of benzene rings is 3. The molecule has 3 aromatic carbocycles. The lowest BCUT2D eigenvalue weighted by atomic mass is 10.1. The number of pyridine rings is 1. The molecule has 40 heavy (non-hydrogen) atoms. The van der Waals surface area contributed by atoms with Crippen molar-refractivity contribution in [2.75, 3.05) is 45.2 Å². The van der Waals surface area contributed by atoms with Crippen LogP contribution in [0.1, 0.15) is 11.3 Å². The third-order valence-corrected chi connectivity index (χ3v) is 7.41. The first kappa shape index (κ1) is 25.6. The van der Waals surface area contributed by atoms with Crippen LogP contribution in [-0.2, 0) is 6.54 Å². The Morgan fingerprint density at radius 2 is 1.65 bits per heavy atom. The fourth-order valence-electron chi connectivity index (χ4n) is 5.04. The van der Waals surface area contributed by atoms with Crippen LogP contribution in [-0.4, -0.2) is 65.8 Å². The maximum atomic E-state index is 6.49. The first-order valence-corrected chi connectivity index (χ1v) is 13.5. The van der Waals surface area contributed by atoms with E-state index < -0.39 is 0 Å². The smallest absolute Gasteiger partial charge is 0.150 e. The van der Waals surface area contributed by atoms with Crippen LogP contribution >= 0.6 is 0 Å². The van der Waals surface area contributed by atoms with Crippen molar-refractivity contribution in [2.24, 2.45) is 10.7 Å². The van der Waals surface area contributed by atoms with Gasteiger partial charge < -0.3 is 20.3 Å². The highest BCUT2D eigenvalue weighted by Gasteiger charge is 2.16. The molecule has 0 atom stereocenters. The summed E-state index contributed by atoms with van der Waals surface area (Å²) >= 11 is 0. The number of fused-ring (bicyclic) bond motifs is 1. The zero-order chi connectivity index (χ0) is 27.5. The molecule has 6 rings (SSSR count). The molecule has 0 aliphatic carbocycles. The highest BCUT2D eigenvalue weighted by molar-refractivity contribution is 6.02. The first-order valence-electron chi connectivity index (χ1n) is 13.5. The van der Waals surface area contributed by atoms with E-state index in [0.29, 0.717) is 18.1 Å². The van der Waals surface area contributed by atoms with Gasteiger partial charge in [0, 0.05) is 42.8 Å². The molecule has 5 aromatic rings. The largest absolute Gasteiger partial charge is 0.497 e. The van der Waals surface area contributed by atoms with Crippen molar-refractivity contribution in [3.63, 3.8) is 0 Å². The van der Waals surface area contributed by atoms with E-state index in [0.717, 1.165) is 65.3 Å². The van der Waals surface area contributed by atoms with Crippen LogP contribution in [0.15, 0.2) is 96.1 Å². The van der Waals surface area contributed by atoms with Gasteiger partial charge in [-0.25, -0.2) is 4.99 Å². The molecular weight excluding hydrogens is 498 g/mol. The van der Waals surface area contributed by atoms with Crippen LogP contribution in [0.2, 0.25) is 0 Å². The SMILES string of the molecule is COc1ccc(Cn2nc(-c3ccccc3)c3cc(C(N)=Nc4ccc(N5CCN(C)CC5)cc4)ncc32)cc1. The van der Waals surface area contributed by atoms with Crippen LogP contribution in [0.4, 0.5) is 11.4 Å². The summed E-state index contributed by atoms with van der Waals surface area (Å²) in [5.74, 6) is 1.20. The number of aliphatic imine (C=N–C) groups is 1. The Hall–Kier alpha value is -4.69. The van der Waals surface area contributed by atoms with Gasteiger partial charge in [0.15, 0.2) is 0 Å². The Bertz CT molecular complexity index is 1620. The Morgan fingerprint density at radius 3 is 2.35 bits per heavy atom. The fourth-order valence-corrected chi connectivity index (χ4v) is 5.04. The topological polar surface area (TPSA) is 84.8 Å². The first-order chi connectivity index (χ1) is 19.6. The number of piperazine rings is 1. The second kappa shape index (κ2) is 11.2. The van der Waals surface area contributed by atoms with Gasteiger partial charge in [-0.1, -0.05) is 42.5 Å². The number of methoxy groups -OCH3 is 1. The lowest BCUT2D eigenvalue weighted by Crippen LogP contribution is -2.44. The highest BCUT2D eigenvalue weighted by Crippen LogP contribution is 2.29. The lowest BCUT2D eigenvalue weighted by molar-refractivity contribution is 0.313. The number of ether oxygens (including phenoxy) is 1.